The molecule has 2 aromatic rings. The predicted molar refractivity (Wildman–Crippen MR) is 113 cm³/mol. The summed E-state index contributed by atoms with van der Waals surface area (Å²) in [5.74, 6) is 0.245. The van der Waals surface area contributed by atoms with E-state index in [1.54, 1.807) is 0 Å². The summed E-state index contributed by atoms with van der Waals surface area (Å²) in [7, 11) is 2.18. The highest BCUT2D eigenvalue weighted by Crippen LogP contribution is 2.26. The van der Waals surface area contributed by atoms with Crippen molar-refractivity contribution in [3.63, 3.8) is 0 Å². The lowest BCUT2D eigenvalue weighted by Crippen LogP contribution is -2.28. The Hall–Kier alpha value is -2.48. The normalized spacial score (nSPS) is 15.8. The first-order valence-corrected chi connectivity index (χ1v) is 10.1. The molecule has 146 valence electrons. The quantitative estimate of drug-likeness (QED) is 0.769. The van der Waals surface area contributed by atoms with Crippen LogP contribution in [0.1, 0.15) is 36.5 Å². The maximum atomic E-state index is 11.6. The Labute approximate surface area is 168 Å². The Morgan fingerprint density at radius 1 is 1.04 bits per heavy atom. The van der Waals surface area contributed by atoms with Crippen LogP contribution in [-0.4, -0.2) is 48.8 Å². The predicted octanol–water partition coefficient (Wildman–Crippen LogP) is 3.88. The minimum atomic E-state index is 0.245. The molecule has 0 N–H and O–H groups in total. The number of Topliss-reactive ketones (excluding diaryl/α,β-unsaturated/α-hetero) is 1. The van der Waals surface area contributed by atoms with E-state index in [0.29, 0.717) is 18.4 Å². The monoisotopic (exact) mass is 375 g/mol. The van der Waals surface area contributed by atoms with Gasteiger partial charge in [-0.2, -0.15) is 5.26 Å². The Morgan fingerprint density at radius 2 is 1.79 bits per heavy atom. The number of likely N-dealkylation sites (N-methyl/N-ethyl adjacent to an activating group) is 1. The standard InChI is InChI=1S/C24H29N3O/c1-3-23(28)16-19-5-8-21(9-6-19)24-10-7-20(15-22(24)17-25)18-27-12-4-11-26(2)13-14-27/h5-10,15H,3-4,11-14,16,18H2,1-2H3. The van der Waals surface area contributed by atoms with Gasteiger partial charge in [-0.05, 0) is 54.9 Å². The van der Waals surface area contributed by atoms with E-state index in [4.69, 9.17) is 0 Å². The van der Waals surface area contributed by atoms with E-state index in [-0.39, 0.29) is 5.78 Å². The molecule has 0 atom stereocenters. The van der Waals surface area contributed by atoms with Gasteiger partial charge in [-0.15, -0.1) is 0 Å². The number of carbonyl (C=O) groups excluding carboxylic acids is 1. The van der Waals surface area contributed by atoms with Crippen molar-refractivity contribution in [2.24, 2.45) is 0 Å². The van der Waals surface area contributed by atoms with Crippen LogP contribution in [0.4, 0.5) is 0 Å². The van der Waals surface area contributed by atoms with E-state index < -0.39 is 0 Å². The zero-order valence-electron chi connectivity index (χ0n) is 16.9. The van der Waals surface area contributed by atoms with Crippen molar-refractivity contribution in [1.29, 1.82) is 5.26 Å². The third kappa shape index (κ3) is 5.28. The summed E-state index contributed by atoms with van der Waals surface area (Å²) in [6.07, 6.45) is 2.23. The van der Waals surface area contributed by atoms with Gasteiger partial charge in [-0.25, -0.2) is 0 Å². The van der Waals surface area contributed by atoms with E-state index in [0.717, 1.165) is 49.4 Å². The molecule has 28 heavy (non-hydrogen) atoms. The molecule has 0 aromatic heterocycles. The lowest BCUT2D eigenvalue weighted by molar-refractivity contribution is -0.118. The van der Waals surface area contributed by atoms with E-state index in [1.165, 1.54) is 12.0 Å². The summed E-state index contributed by atoms with van der Waals surface area (Å²) in [4.78, 5) is 16.5. The molecule has 1 fully saturated rings. The largest absolute Gasteiger partial charge is 0.305 e. The van der Waals surface area contributed by atoms with Gasteiger partial charge < -0.3 is 4.90 Å². The van der Waals surface area contributed by atoms with Gasteiger partial charge >= 0.3 is 0 Å². The van der Waals surface area contributed by atoms with Crippen LogP contribution in [0, 0.1) is 11.3 Å². The van der Waals surface area contributed by atoms with Gasteiger partial charge in [0, 0.05) is 32.5 Å². The highest BCUT2D eigenvalue weighted by atomic mass is 16.1. The van der Waals surface area contributed by atoms with Gasteiger partial charge in [0.2, 0.25) is 0 Å². The number of hydrogen-bond acceptors (Lipinski definition) is 4. The van der Waals surface area contributed by atoms with Gasteiger partial charge in [0.15, 0.2) is 0 Å². The number of rotatable bonds is 6. The Balaban J connectivity index is 1.74. The smallest absolute Gasteiger partial charge is 0.136 e. The van der Waals surface area contributed by atoms with Crippen LogP contribution in [0.2, 0.25) is 0 Å². The molecule has 3 rings (SSSR count). The second-order valence-electron chi connectivity index (χ2n) is 7.69. The van der Waals surface area contributed by atoms with Crippen LogP contribution in [0.5, 0.6) is 0 Å². The zero-order valence-corrected chi connectivity index (χ0v) is 16.9. The first-order chi connectivity index (χ1) is 13.6. The Morgan fingerprint density at radius 3 is 2.50 bits per heavy atom. The lowest BCUT2D eigenvalue weighted by Gasteiger charge is -2.20. The molecule has 0 unspecified atom stereocenters. The fourth-order valence-electron chi connectivity index (χ4n) is 3.71. The Bertz CT molecular complexity index is 851. The summed E-state index contributed by atoms with van der Waals surface area (Å²) in [5, 5.41) is 9.68. The van der Waals surface area contributed by atoms with Crippen molar-refractivity contribution in [2.45, 2.75) is 32.7 Å². The molecular weight excluding hydrogens is 346 g/mol. The van der Waals surface area contributed by atoms with Gasteiger partial charge in [0.05, 0.1) is 11.6 Å². The zero-order chi connectivity index (χ0) is 19.9. The summed E-state index contributed by atoms with van der Waals surface area (Å²) in [6, 6.07) is 16.6. The molecule has 1 aliphatic rings. The fourth-order valence-corrected chi connectivity index (χ4v) is 3.71. The summed E-state index contributed by atoms with van der Waals surface area (Å²) < 4.78 is 0. The number of ketones is 1. The van der Waals surface area contributed by atoms with Gasteiger partial charge in [0.1, 0.15) is 5.78 Å². The molecule has 2 aromatic carbocycles. The van der Waals surface area contributed by atoms with Crippen molar-refractivity contribution in [2.75, 3.05) is 33.2 Å². The second-order valence-corrected chi connectivity index (χ2v) is 7.69. The fraction of sp³-hybridized carbons (Fsp3) is 0.417. The number of hydrogen-bond donors (Lipinski definition) is 0. The molecule has 1 saturated heterocycles. The van der Waals surface area contributed by atoms with Gasteiger partial charge in [0.25, 0.3) is 0 Å². The minimum Gasteiger partial charge on any atom is -0.305 e. The summed E-state index contributed by atoms with van der Waals surface area (Å²) in [6.45, 7) is 7.20. The maximum absolute atomic E-state index is 11.6. The van der Waals surface area contributed by atoms with Crippen LogP contribution in [0.15, 0.2) is 42.5 Å². The maximum Gasteiger partial charge on any atom is 0.136 e. The number of carbonyl (C=O) groups is 1. The van der Waals surface area contributed by atoms with Crippen LogP contribution in [0.3, 0.4) is 0 Å². The van der Waals surface area contributed by atoms with Gasteiger partial charge in [-0.3, -0.25) is 9.69 Å². The summed E-state index contributed by atoms with van der Waals surface area (Å²) >= 11 is 0. The average Bonchev–Trinajstić information content (AvgIpc) is 2.92. The SMILES string of the molecule is CCC(=O)Cc1ccc(-c2ccc(CN3CCCN(C)CC3)cc2C#N)cc1. The van der Waals surface area contributed by atoms with Crippen LogP contribution in [-0.2, 0) is 17.8 Å². The summed E-state index contributed by atoms with van der Waals surface area (Å²) in [5.41, 5.74) is 4.90. The third-order valence-corrected chi connectivity index (χ3v) is 5.48. The molecule has 0 saturated carbocycles. The first kappa shape index (κ1) is 20.3. The van der Waals surface area contributed by atoms with Crippen LogP contribution in [0.25, 0.3) is 11.1 Å². The molecular formula is C24H29N3O. The molecule has 0 aliphatic carbocycles. The second kappa shape index (κ2) is 9.64. The van der Waals surface area contributed by atoms with E-state index in [1.807, 2.05) is 37.3 Å². The lowest BCUT2D eigenvalue weighted by atomic mass is 9.96. The number of benzene rings is 2. The first-order valence-electron chi connectivity index (χ1n) is 10.1. The molecule has 0 bridgehead atoms. The highest BCUT2D eigenvalue weighted by molar-refractivity contribution is 5.81. The molecule has 1 aliphatic heterocycles. The molecule has 1 heterocycles. The molecule has 4 nitrogen and oxygen atoms in total. The molecule has 4 heteroatoms. The molecule has 0 radical (unpaired) electrons. The van der Waals surface area contributed by atoms with Gasteiger partial charge in [-0.1, -0.05) is 43.3 Å². The van der Waals surface area contributed by atoms with Crippen LogP contribution < -0.4 is 0 Å². The Kier molecular flexibility index (Phi) is 6.97. The molecule has 0 amide bonds. The highest BCUT2D eigenvalue weighted by Gasteiger charge is 2.14. The number of nitrogens with zero attached hydrogens (tertiary/aromatic N) is 3. The average molecular weight is 376 g/mol. The van der Waals surface area contributed by atoms with Crippen molar-refractivity contribution in [3.8, 4) is 17.2 Å². The molecule has 0 spiro atoms. The van der Waals surface area contributed by atoms with E-state index in [2.05, 4.69) is 35.0 Å². The van der Waals surface area contributed by atoms with Crippen LogP contribution >= 0.6 is 0 Å². The minimum absolute atomic E-state index is 0.245. The van der Waals surface area contributed by atoms with Crippen molar-refractivity contribution >= 4 is 5.78 Å². The van der Waals surface area contributed by atoms with E-state index >= 15 is 0 Å². The third-order valence-electron chi connectivity index (χ3n) is 5.48. The van der Waals surface area contributed by atoms with Crippen molar-refractivity contribution in [3.05, 3.63) is 59.2 Å². The van der Waals surface area contributed by atoms with E-state index in [9.17, 15) is 10.1 Å². The number of nitriles is 1. The van der Waals surface area contributed by atoms with Crippen molar-refractivity contribution in [1.82, 2.24) is 9.80 Å². The topological polar surface area (TPSA) is 47.3 Å². The van der Waals surface area contributed by atoms with Crippen molar-refractivity contribution < 1.29 is 4.79 Å².